The Morgan fingerprint density at radius 2 is 1.27 bits per heavy atom. The molecule has 2 unspecified atom stereocenters. The van der Waals surface area contributed by atoms with E-state index in [0.29, 0.717) is 0 Å². The normalized spacial score (nSPS) is 13.9. The molecule has 0 heterocycles. The Bertz CT molecular complexity index is 1120. The van der Waals surface area contributed by atoms with E-state index in [-0.39, 0.29) is 24.7 Å². The highest BCUT2D eigenvalue weighted by Gasteiger charge is 2.43. The molecular formula is C27H38Br2NO8PSi. The average molecular weight is 723 g/mol. The first-order chi connectivity index (χ1) is 18.6. The molecule has 2 aromatic carbocycles. The molecule has 222 valence electrons. The molecular weight excluding hydrogens is 685 g/mol. The third kappa shape index (κ3) is 10.8. The lowest BCUT2D eigenvalue weighted by molar-refractivity contribution is -0.151. The zero-order chi connectivity index (χ0) is 30.1. The highest BCUT2D eigenvalue weighted by atomic mass is 79.9. The lowest BCUT2D eigenvalue weighted by Gasteiger charge is -2.39. The summed E-state index contributed by atoms with van der Waals surface area (Å²) in [6.45, 7) is 9.94. The van der Waals surface area contributed by atoms with E-state index in [1.54, 1.807) is 24.3 Å². The maximum absolute atomic E-state index is 14.1. The minimum absolute atomic E-state index is 0.0628. The standard InChI is InChI=1S/C27H38Br2NO8PSi/c1-27(2,3)40(6,7)38-24(26(32)35-5)16-23(25(31)34-4)30-39(33,36-17-19-8-12-21(28)13-9-19)37-18-20-10-14-22(29)15-11-20/h8-15,23-24H,16-18H2,1-7H3,(H,30,33). The lowest BCUT2D eigenvalue weighted by atomic mass is 10.1. The smallest absolute Gasteiger partial charge is 0.406 e. The summed E-state index contributed by atoms with van der Waals surface area (Å²) in [4.78, 5) is 25.7. The Morgan fingerprint density at radius 1 is 0.850 bits per heavy atom. The van der Waals surface area contributed by atoms with Gasteiger partial charge in [0.2, 0.25) is 0 Å². The van der Waals surface area contributed by atoms with Crippen LogP contribution in [0.3, 0.4) is 0 Å². The number of hydrogen-bond donors (Lipinski definition) is 1. The van der Waals surface area contributed by atoms with Gasteiger partial charge in [-0.25, -0.2) is 14.4 Å². The van der Waals surface area contributed by atoms with Crippen molar-refractivity contribution in [2.75, 3.05) is 14.2 Å². The van der Waals surface area contributed by atoms with Gasteiger partial charge >= 0.3 is 19.7 Å². The van der Waals surface area contributed by atoms with Gasteiger partial charge in [-0.2, -0.15) is 0 Å². The van der Waals surface area contributed by atoms with E-state index in [4.69, 9.17) is 22.9 Å². The van der Waals surface area contributed by atoms with Crippen LogP contribution in [0.4, 0.5) is 0 Å². The molecule has 0 fully saturated rings. The van der Waals surface area contributed by atoms with Crippen LogP contribution in [-0.2, 0) is 50.3 Å². The number of carbonyl (C=O) groups excluding carboxylic acids is 2. The SMILES string of the molecule is COC(=O)C(CC(O[Si](C)(C)C(C)(C)C)C(=O)OC)NP(=O)(OCc1ccc(Br)cc1)OCc1ccc(Br)cc1. The highest BCUT2D eigenvalue weighted by Crippen LogP contribution is 2.47. The van der Waals surface area contributed by atoms with Crippen LogP contribution < -0.4 is 5.09 Å². The van der Waals surface area contributed by atoms with Gasteiger partial charge < -0.3 is 13.9 Å². The van der Waals surface area contributed by atoms with Crippen molar-refractivity contribution < 1.29 is 37.1 Å². The van der Waals surface area contributed by atoms with Gasteiger partial charge in [0.15, 0.2) is 8.32 Å². The minimum Gasteiger partial charge on any atom is -0.468 e. The van der Waals surface area contributed by atoms with Gasteiger partial charge in [0.1, 0.15) is 12.1 Å². The molecule has 2 rings (SSSR count). The Balaban J connectivity index is 2.35. The summed E-state index contributed by atoms with van der Waals surface area (Å²) in [6.07, 6.45) is -1.33. The van der Waals surface area contributed by atoms with E-state index in [9.17, 15) is 14.2 Å². The monoisotopic (exact) mass is 721 g/mol. The van der Waals surface area contributed by atoms with Gasteiger partial charge in [-0.15, -0.1) is 0 Å². The first-order valence-corrected chi connectivity index (χ1v) is 18.6. The van der Waals surface area contributed by atoms with Crippen LogP contribution in [-0.4, -0.2) is 46.6 Å². The molecule has 40 heavy (non-hydrogen) atoms. The van der Waals surface area contributed by atoms with Crippen molar-refractivity contribution in [3.63, 3.8) is 0 Å². The molecule has 0 saturated heterocycles. The first-order valence-electron chi connectivity index (χ1n) is 12.6. The van der Waals surface area contributed by atoms with Crippen molar-refractivity contribution in [2.24, 2.45) is 0 Å². The summed E-state index contributed by atoms with van der Waals surface area (Å²) in [6, 6.07) is 13.3. The molecule has 1 N–H and O–H groups in total. The number of nitrogens with one attached hydrogen (secondary N) is 1. The zero-order valence-electron chi connectivity index (χ0n) is 23.9. The number of carbonyl (C=O) groups is 2. The molecule has 2 aromatic rings. The minimum atomic E-state index is -4.15. The van der Waals surface area contributed by atoms with Crippen LogP contribution >= 0.6 is 39.6 Å². The quantitative estimate of drug-likeness (QED) is 0.124. The average Bonchev–Trinajstić information content (AvgIpc) is 2.90. The van der Waals surface area contributed by atoms with Gasteiger partial charge in [0.25, 0.3) is 0 Å². The van der Waals surface area contributed by atoms with Gasteiger partial charge in [-0.3, -0.25) is 13.8 Å². The summed E-state index contributed by atoms with van der Waals surface area (Å²) in [7, 11) is -4.16. The fourth-order valence-corrected chi connectivity index (χ4v) is 6.44. The van der Waals surface area contributed by atoms with E-state index >= 15 is 0 Å². The molecule has 2 atom stereocenters. The highest BCUT2D eigenvalue weighted by molar-refractivity contribution is 9.10. The van der Waals surface area contributed by atoms with Gasteiger partial charge in [0, 0.05) is 15.4 Å². The number of halogens is 2. The summed E-state index contributed by atoms with van der Waals surface area (Å²) in [5.74, 6) is -1.41. The van der Waals surface area contributed by atoms with Crippen molar-refractivity contribution in [1.29, 1.82) is 0 Å². The number of benzene rings is 2. The van der Waals surface area contributed by atoms with Crippen molar-refractivity contribution in [1.82, 2.24) is 5.09 Å². The van der Waals surface area contributed by atoms with Crippen molar-refractivity contribution in [2.45, 2.75) is 70.7 Å². The molecule has 0 amide bonds. The van der Waals surface area contributed by atoms with Crippen LogP contribution in [0.2, 0.25) is 18.1 Å². The second kappa shape index (κ2) is 15.2. The van der Waals surface area contributed by atoms with Crippen molar-refractivity contribution in [3.05, 3.63) is 68.6 Å². The van der Waals surface area contributed by atoms with E-state index in [0.717, 1.165) is 20.1 Å². The lowest BCUT2D eigenvalue weighted by Crippen LogP contribution is -2.49. The molecule has 0 saturated carbocycles. The van der Waals surface area contributed by atoms with E-state index in [1.807, 2.05) is 58.1 Å². The Morgan fingerprint density at radius 3 is 1.65 bits per heavy atom. The van der Waals surface area contributed by atoms with E-state index < -0.39 is 40.1 Å². The van der Waals surface area contributed by atoms with Gasteiger partial charge in [-0.05, 0) is 53.5 Å². The molecule has 0 aromatic heterocycles. The fourth-order valence-electron chi connectivity index (χ4n) is 3.20. The molecule has 0 spiro atoms. The third-order valence-electron chi connectivity index (χ3n) is 6.59. The summed E-state index contributed by atoms with van der Waals surface area (Å²) < 4.78 is 43.7. The molecule has 13 heteroatoms. The van der Waals surface area contributed by atoms with Crippen LogP contribution in [0, 0.1) is 0 Å². The second-order valence-electron chi connectivity index (χ2n) is 10.6. The predicted octanol–water partition coefficient (Wildman–Crippen LogP) is 7.14. The molecule has 0 bridgehead atoms. The Kier molecular flexibility index (Phi) is 13.2. The van der Waals surface area contributed by atoms with Crippen molar-refractivity contribution in [3.8, 4) is 0 Å². The zero-order valence-corrected chi connectivity index (χ0v) is 28.9. The summed E-state index contributed by atoms with van der Waals surface area (Å²) >= 11 is 6.77. The number of esters is 2. The number of methoxy groups -OCH3 is 2. The first kappa shape index (κ1) is 34.8. The van der Waals surface area contributed by atoms with Crippen LogP contribution in [0.1, 0.15) is 38.3 Å². The molecule has 0 radical (unpaired) electrons. The maximum atomic E-state index is 14.1. The molecule has 9 nitrogen and oxygen atoms in total. The van der Waals surface area contributed by atoms with Crippen LogP contribution in [0.15, 0.2) is 57.5 Å². The largest absolute Gasteiger partial charge is 0.468 e. The summed E-state index contributed by atoms with van der Waals surface area (Å²) in [5, 5.41) is 2.51. The molecule has 0 aliphatic carbocycles. The van der Waals surface area contributed by atoms with Crippen LogP contribution in [0.25, 0.3) is 0 Å². The van der Waals surface area contributed by atoms with Gasteiger partial charge in [-0.1, -0.05) is 76.9 Å². The second-order valence-corrected chi connectivity index (χ2v) is 19.0. The molecule has 0 aliphatic rings. The van der Waals surface area contributed by atoms with Crippen molar-refractivity contribution >= 4 is 59.9 Å². The predicted molar refractivity (Wildman–Crippen MR) is 163 cm³/mol. The Hall–Kier alpha value is -1.37. The van der Waals surface area contributed by atoms with E-state index in [2.05, 4.69) is 36.9 Å². The molecule has 0 aliphatic heterocycles. The van der Waals surface area contributed by atoms with Crippen LogP contribution in [0.5, 0.6) is 0 Å². The maximum Gasteiger partial charge on any atom is 0.406 e. The van der Waals surface area contributed by atoms with Gasteiger partial charge in [0.05, 0.1) is 27.4 Å². The third-order valence-corrected chi connectivity index (χ3v) is 13.7. The number of hydrogen-bond acceptors (Lipinski definition) is 8. The summed E-state index contributed by atoms with van der Waals surface area (Å²) in [5.41, 5.74) is 1.47. The number of ether oxygens (including phenoxy) is 2. The topological polar surface area (TPSA) is 109 Å². The Labute approximate surface area is 254 Å². The number of rotatable bonds is 14. The van der Waals surface area contributed by atoms with E-state index in [1.165, 1.54) is 14.2 Å². The fraction of sp³-hybridized carbons (Fsp3) is 0.481.